The first-order valence-corrected chi connectivity index (χ1v) is 8.13. The Labute approximate surface area is 127 Å². The Hall–Kier alpha value is -1.44. The van der Waals surface area contributed by atoms with Crippen molar-refractivity contribution >= 4 is 21.6 Å². The highest BCUT2D eigenvalue weighted by atomic mass is 35.5. The van der Waals surface area contributed by atoms with Gasteiger partial charge < -0.3 is 5.11 Å². The predicted molar refractivity (Wildman–Crippen MR) is 79.1 cm³/mol. The van der Waals surface area contributed by atoms with E-state index in [9.17, 15) is 13.5 Å². The molecule has 0 aliphatic carbocycles. The van der Waals surface area contributed by atoms with Crippen LogP contribution in [-0.2, 0) is 22.3 Å². The Kier molecular flexibility index (Phi) is 3.31. The van der Waals surface area contributed by atoms with Crippen molar-refractivity contribution in [2.24, 2.45) is 5.14 Å². The van der Waals surface area contributed by atoms with Gasteiger partial charge in [-0.1, -0.05) is 41.9 Å². The first-order chi connectivity index (χ1) is 9.82. The third-order valence-corrected chi connectivity index (χ3v) is 4.99. The summed E-state index contributed by atoms with van der Waals surface area (Å²) in [6, 6.07) is 11.7. The minimum atomic E-state index is -3.96. The van der Waals surface area contributed by atoms with Crippen LogP contribution >= 0.6 is 11.6 Å². The van der Waals surface area contributed by atoms with Crippen LogP contribution in [0, 0.1) is 0 Å². The monoisotopic (exact) mass is 324 g/mol. The lowest BCUT2D eigenvalue weighted by atomic mass is 9.95. The molecular formula is C14H13ClN2O3S. The van der Waals surface area contributed by atoms with Crippen molar-refractivity contribution in [3.05, 3.63) is 64.2 Å². The van der Waals surface area contributed by atoms with E-state index in [1.165, 1.54) is 12.1 Å². The molecule has 1 aliphatic rings. The lowest BCUT2D eigenvalue weighted by molar-refractivity contribution is 0.0541. The number of hydrogen-bond donors (Lipinski definition) is 3. The molecule has 21 heavy (non-hydrogen) atoms. The summed E-state index contributed by atoms with van der Waals surface area (Å²) < 4.78 is 23.1. The van der Waals surface area contributed by atoms with Gasteiger partial charge >= 0.3 is 0 Å². The molecule has 0 radical (unpaired) electrons. The molecule has 0 saturated carbocycles. The van der Waals surface area contributed by atoms with Gasteiger partial charge in [0.25, 0.3) is 0 Å². The van der Waals surface area contributed by atoms with Crippen molar-refractivity contribution in [3.8, 4) is 0 Å². The molecule has 0 spiro atoms. The molecule has 7 heteroatoms. The highest BCUT2D eigenvalue weighted by molar-refractivity contribution is 7.89. The third kappa shape index (κ3) is 2.35. The third-order valence-electron chi connectivity index (χ3n) is 3.60. The summed E-state index contributed by atoms with van der Waals surface area (Å²) in [5.74, 6) is 0. The molecule has 1 unspecified atom stereocenters. The lowest BCUT2D eigenvalue weighted by Gasteiger charge is -2.25. The zero-order chi connectivity index (χ0) is 15.3. The fourth-order valence-corrected chi connectivity index (χ4v) is 3.62. The fourth-order valence-electron chi connectivity index (χ4n) is 2.55. The Morgan fingerprint density at radius 1 is 1.24 bits per heavy atom. The quantitative estimate of drug-likeness (QED) is 0.776. The van der Waals surface area contributed by atoms with E-state index in [1.807, 2.05) is 18.2 Å². The van der Waals surface area contributed by atoms with E-state index in [4.69, 9.17) is 16.7 Å². The molecule has 4 N–H and O–H groups in total. The maximum atomic E-state index is 11.6. The number of sulfonamides is 1. The van der Waals surface area contributed by atoms with Gasteiger partial charge in [0.1, 0.15) is 4.90 Å². The number of primary sulfonamides is 1. The maximum Gasteiger partial charge on any atom is 0.239 e. The number of benzene rings is 2. The largest absolute Gasteiger partial charge is 0.367 e. The molecule has 3 rings (SSSR count). The molecule has 1 aliphatic heterocycles. The second-order valence-electron chi connectivity index (χ2n) is 4.91. The number of aliphatic hydroxyl groups is 1. The normalized spacial score (nSPS) is 21.3. The standard InChI is InChI=1S/C14H13ClN2O3S/c15-12-6-5-10(7-13(12)21(16,19)20)14(18)11-4-2-1-3-9(11)8-17-14/h1-7,17-18H,8H2,(H2,16,19,20). The van der Waals surface area contributed by atoms with Crippen LogP contribution in [0.5, 0.6) is 0 Å². The van der Waals surface area contributed by atoms with Gasteiger partial charge in [0.05, 0.1) is 5.02 Å². The molecule has 0 aromatic heterocycles. The summed E-state index contributed by atoms with van der Waals surface area (Å²) in [6.45, 7) is 0.486. The predicted octanol–water partition coefficient (Wildman–Crippen LogP) is 1.28. The zero-order valence-electron chi connectivity index (χ0n) is 10.9. The molecule has 2 aromatic rings. The molecule has 0 saturated heterocycles. The number of nitrogens with one attached hydrogen (secondary N) is 1. The smallest absolute Gasteiger partial charge is 0.239 e. The summed E-state index contributed by atoms with van der Waals surface area (Å²) in [5, 5.41) is 19.1. The number of rotatable bonds is 2. The van der Waals surface area contributed by atoms with Crippen LogP contribution in [0.2, 0.25) is 5.02 Å². The summed E-state index contributed by atoms with van der Waals surface area (Å²) in [4.78, 5) is -0.207. The van der Waals surface area contributed by atoms with Gasteiger partial charge in [0.2, 0.25) is 10.0 Å². The van der Waals surface area contributed by atoms with Crippen LogP contribution in [0.4, 0.5) is 0 Å². The number of nitrogens with two attached hydrogens (primary N) is 1. The minimum absolute atomic E-state index is 0.0242. The maximum absolute atomic E-state index is 11.6. The lowest BCUT2D eigenvalue weighted by Crippen LogP contribution is -2.37. The Morgan fingerprint density at radius 2 is 1.95 bits per heavy atom. The van der Waals surface area contributed by atoms with E-state index < -0.39 is 15.7 Å². The summed E-state index contributed by atoms with van der Waals surface area (Å²) in [6.07, 6.45) is 0. The van der Waals surface area contributed by atoms with E-state index in [1.54, 1.807) is 12.1 Å². The van der Waals surface area contributed by atoms with Crippen molar-refractivity contribution < 1.29 is 13.5 Å². The highest BCUT2D eigenvalue weighted by Gasteiger charge is 2.38. The van der Waals surface area contributed by atoms with Crippen LogP contribution < -0.4 is 10.5 Å². The van der Waals surface area contributed by atoms with Crippen LogP contribution in [0.25, 0.3) is 0 Å². The first-order valence-electron chi connectivity index (χ1n) is 6.21. The van der Waals surface area contributed by atoms with E-state index >= 15 is 0 Å². The number of hydrogen-bond acceptors (Lipinski definition) is 4. The number of fused-ring (bicyclic) bond motifs is 1. The Morgan fingerprint density at radius 3 is 2.67 bits per heavy atom. The van der Waals surface area contributed by atoms with Gasteiger partial charge in [-0.3, -0.25) is 5.32 Å². The Bertz CT molecular complexity index is 823. The molecule has 110 valence electrons. The second kappa shape index (κ2) is 4.79. The van der Waals surface area contributed by atoms with E-state index in [0.717, 1.165) is 5.56 Å². The van der Waals surface area contributed by atoms with Gasteiger partial charge in [-0.05, 0) is 17.7 Å². The van der Waals surface area contributed by atoms with Gasteiger partial charge in [-0.2, -0.15) is 0 Å². The van der Waals surface area contributed by atoms with Crippen LogP contribution in [-0.4, -0.2) is 13.5 Å². The Balaban J connectivity index is 2.19. The summed E-state index contributed by atoms with van der Waals surface area (Å²) in [5.41, 5.74) is 0.557. The van der Waals surface area contributed by atoms with Crippen molar-refractivity contribution in [2.45, 2.75) is 17.2 Å². The molecule has 0 fully saturated rings. The highest BCUT2D eigenvalue weighted by Crippen LogP contribution is 2.36. The first kappa shape index (κ1) is 14.5. The van der Waals surface area contributed by atoms with Crippen LogP contribution in [0.1, 0.15) is 16.7 Å². The zero-order valence-corrected chi connectivity index (χ0v) is 12.4. The van der Waals surface area contributed by atoms with Crippen LogP contribution in [0.15, 0.2) is 47.4 Å². The van der Waals surface area contributed by atoms with Crippen molar-refractivity contribution in [1.29, 1.82) is 0 Å². The van der Waals surface area contributed by atoms with Crippen molar-refractivity contribution in [3.63, 3.8) is 0 Å². The average molecular weight is 325 g/mol. The van der Waals surface area contributed by atoms with Gasteiger partial charge in [-0.15, -0.1) is 0 Å². The van der Waals surface area contributed by atoms with Crippen molar-refractivity contribution in [2.75, 3.05) is 0 Å². The van der Waals surface area contributed by atoms with E-state index in [-0.39, 0.29) is 9.92 Å². The van der Waals surface area contributed by atoms with Gasteiger partial charge in [0, 0.05) is 17.7 Å². The summed E-state index contributed by atoms with van der Waals surface area (Å²) >= 11 is 5.87. The number of halogens is 1. The molecule has 0 amide bonds. The molecule has 1 atom stereocenters. The summed E-state index contributed by atoms with van der Waals surface area (Å²) in [7, 11) is -3.96. The SMILES string of the molecule is NS(=O)(=O)c1cc(C2(O)NCc3ccccc32)ccc1Cl. The average Bonchev–Trinajstić information content (AvgIpc) is 2.77. The molecular weight excluding hydrogens is 312 g/mol. The second-order valence-corrected chi connectivity index (χ2v) is 6.85. The molecule has 2 aromatic carbocycles. The van der Waals surface area contributed by atoms with Crippen LogP contribution in [0.3, 0.4) is 0 Å². The minimum Gasteiger partial charge on any atom is -0.367 e. The van der Waals surface area contributed by atoms with Gasteiger partial charge in [-0.25, -0.2) is 13.6 Å². The molecule has 1 heterocycles. The molecule has 0 bridgehead atoms. The fraction of sp³-hybridized carbons (Fsp3) is 0.143. The topological polar surface area (TPSA) is 92.4 Å². The van der Waals surface area contributed by atoms with Gasteiger partial charge in [0.15, 0.2) is 5.72 Å². The molecule has 5 nitrogen and oxygen atoms in total. The van der Waals surface area contributed by atoms with Crippen molar-refractivity contribution in [1.82, 2.24) is 5.32 Å². The van der Waals surface area contributed by atoms with E-state index in [0.29, 0.717) is 17.7 Å². The van der Waals surface area contributed by atoms with E-state index in [2.05, 4.69) is 5.32 Å².